The molecule has 0 saturated heterocycles. The van der Waals surface area contributed by atoms with Crippen LogP contribution in [0.15, 0.2) is 30.3 Å². The summed E-state index contributed by atoms with van der Waals surface area (Å²) in [6.45, 7) is 1.97. The zero-order valence-electron chi connectivity index (χ0n) is 13.1. The lowest BCUT2D eigenvalue weighted by molar-refractivity contribution is -0.125. The van der Waals surface area contributed by atoms with E-state index < -0.39 is 5.54 Å². The molecule has 1 atom stereocenters. The van der Waals surface area contributed by atoms with Crippen LogP contribution in [-0.4, -0.2) is 38.0 Å². The van der Waals surface area contributed by atoms with Gasteiger partial charge in [-0.3, -0.25) is 4.79 Å². The van der Waals surface area contributed by atoms with Gasteiger partial charge in [0.2, 0.25) is 5.91 Å². The molecule has 3 N–H and O–H groups in total. The monoisotopic (exact) mass is 289 g/mol. The number of primary amides is 1. The van der Waals surface area contributed by atoms with Gasteiger partial charge in [-0.2, -0.15) is 0 Å². The number of hydrogen-bond donors (Lipinski definition) is 2. The second-order valence-electron chi connectivity index (χ2n) is 6.19. The molecule has 0 aromatic heterocycles. The maximum absolute atomic E-state index is 12.1. The second-order valence-corrected chi connectivity index (χ2v) is 6.19. The summed E-state index contributed by atoms with van der Waals surface area (Å²) in [7, 11) is 3.94. The van der Waals surface area contributed by atoms with E-state index in [9.17, 15) is 4.79 Å². The summed E-state index contributed by atoms with van der Waals surface area (Å²) < 4.78 is 0. The summed E-state index contributed by atoms with van der Waals surface area (Å²) in [5.41, 5.74) is 5.88. The lowest BCUT2D eigenvalue weighted by atomic mass is 9.84. The number of benzene rings is 1. The molecule has 1 aromatic carbocycles. The Morgan fingerprint density at radius 2 is 2.05 bits per heavy atom. The van der Waals surface area contributed by atoms with Crippen LogP contribution in [0.4, 0.5) is 0 Å². The number of amides is 1. The van der Waals surface area contributed by atoms with Gasteiger partial charge in [0.15, 0.2) is 0 Å². The smallest absolute Gasteiger partial charge is 0.242 e. The molecule has 116 valence electrons. The zero-order chi connectivity index (χ0) is 15.3. The Morgan fingerprint density at radius 1 is 1.38 bits per heavy atom. The van der Waals surface area contributed by atoms with Gasteiger partial charge < -0.3 is 16.0 Å². The van der Waals surface area contributed by atoms with Crippen molar-refractivity contribution >= 4 is 5.91 Å². The predicted octanol–water partition coefficient (Wildman–Crippen LogP) is 1.71. The van der Waals surface area contributed by atoms with E-state index in [4.69, 9.17) is 5.73 Å². The summed E-state index contributed by atoms with van der Waals surface area (Å²) in [6, 6.07) is 9.78. The minimum Gasteiger partial charge on any atom is -0.368 e. The van der Waals surface area contributed by atoms with Gasteiger partial charge in [0, 0.05) is 13.1 Å². The first-order valence-corrected chi connectivity index (χ1v) is 7.81. The van der Waals surface area contributed by atoms with Crippen LogP contribution >= 0.6 is 0 Å². The third-order valence-electron chi connectivity index (χ3n) is 4.78. The fourth-order valence-electron chi connectivity index (χ4n) is 3.09. The van der Waals surface area contributed by atoms with E-state index in [-0.39, 0.29) is 5.91 Å². The van der Waals surface area contributed by atoms with E-state index in [0.29, 0.717) is 6.42 Å². The van der Waals surface area contributed by atoms with Crippen LogP contribution in [0.3, 0.4) is 0 Å². The normalized spacial score (nSPS) is 18.2. The predicted molar refractivity (Wildman–Crippen MR) is 85.8 cm³/mol. The highest BCUT2D eigenvalue weighted by atomic mass is 16.1. The number of nitrogens with zero attached hydrogens (tertiary/aromatic N) is 1. The van der Waals surface area contributed by atoms with Gasteiger partial charge in [-0.05, 0) is 44.8 Å². The topological polar surface area (TPSA) is 58.4 Å². The van der Waals surface area contributed by atoms with Crippen LogP contribution in [0.2, 0.25) is 0 Å². The van der Waals surface area contributed by atoms with E-state index in [1.807, 2.05) is 37.4 Å². The molecule has 1 fully saturated rings. The van der Waals surface area contributed by atoms with Crippen LogP contribution < -0.4 is 11.1 Å². The van der Waals surface area contributed by atoms with E-state index in [2.05, 4.69) is 17.3 Å². The highest BCUT2D eigenvalue weighted by molar-refractivity contribution is 5.86. The molecule has 4 nitrogen and oxygen atoms in total. The molecule has 0 bridgehead atoms. The number of hydrogen-bond acceptors (Lipinski definition) is 3. The number of nitrogens with one attached hydrogen (secondary N) is 1. The van der Waals surface area contributed by atoms with Gasteiger partial charge in [-0.1, -0.05) is 36.8 Å². The van der Waals surface area contributed by atoms with Gasteiger partial charge in [0.1, 0.15) is 5.54 Å². The average molecular weight is 289 g/mol. The Balaban J connectivity index is 2.04. The molecular weight excluding hydrogens is 262 g/mol. The van der Waals surface area contributed by atoms with Gasteiger partial charge in [-0.15, -0.1) is 0 Å². The molecule has 1 amide bonds. The van der Waals surface area contributed by atoms with Crippen molar-refractivity contribution in [3.05, 3.63) is 35.9 Å². The van der Waals surface area contributed by atoms with E-state index in [1.54, 1.807) is 0 Å². The molecule has 1 unspecified atom stereocenters. The number of rotatable bonds is 8. The maximum Gasteiger partial charge on any atom is 0.242 e. The fraction of sp³-hybridized carbons (Fsp3) is 0.588. The van der Waals surface area contributed by atoms with Crippen LogP contribution in [-0.2, 0) is 10.3 Å². The van der Waals surface area contributed by atoms with Crippen molar-refractivity contribution < 1.29 is 4.79 Å². The van der Waals surface area contributed by atoms with Gasteiger partial charge in [0.05, 0.1) is 0 Å². The summed E-state index contributed by atoms with van der Waals surface area (Å²) in [5, 5.41) is 3.17. The van der Waals surface area contributed by atoms with Crippen molar-refractivity contribution in [1.82, 2.24) is 10.2 Å². The molecule has 1 saturated carbocycles. The molecule has 1 aliphatic rings. The Morgan fingerprint density at radius 3 is 2.52 bits per heavy atom. The minimum atomic E-state index is -0.783. The Hall–Kier alpha value is -1.39. The van der Waals surface area contributed by atoms with Gasteiger partial charge in [-0.25, -0.2) is 0 Å². The van der Waals surface area contributed by atoms with Crippen LogP contribution in [0.1, 0.15) is 31.2 Å². The highest BCUT2D eigenvalue weighted by Crippen LogP contribution is 2.28. The standard InChI is InChI=1S/C17H27N3O/c1-19-17(16(18)21,15-9-4-3-5-10-15)11-12-20(2)13-14-7-6-8-14/h3-5,9-10,14,19H,6-8,11-13H2,1-2H3,(H2,18,21). The van der Waals surface area contributed by atoms with Crippen molar-refractivity contribution in [2.45, 2.75) is 31.2 Å². The van der Waals surface area contributed by atoms with Crippen LogP contribution in [0.25, 0.3) is 0 Å². The van der Waals surface area contributed by atoms with E-state index >= 15 is 0 Å². The number of carbonyl (C=O) groups excluding carboxylic acids is 1. The summed E-state index contributed by atoms with van der Waals surface area (Å²) in [5.74, 6) is 0.525. The molecule has 4 heteroatoms. The Kier molecular flexibility index (Phi) is 5.37. The molecule has 0 heterocycles. The first kappa shape index (κ1) is 16.0. The highest BCUT2D eigenvalue weighted by Gasteiger charge is 2.36. The molecular formula is C17H27N3O. The van der Waals surface area contributed by atoms with Gasteiger partial charge >= 0.3 is 0 Å². The number of likely N-dealkylation sites (N-methyl/N-ethyl adjacent to an activating group) is 1. The third-order valence-corrected chi connectivity index (χ3v) is 4.78. The molecule has 2 rings (SSSR count). The largest absolute Gasteiger partial charge is 0.368 e. The average Bonchev–Trinajstić information content (AvgIpc) is 2.45. The van der Waals surface area contributed by atoms with Crippen LogP contribution in [0, 0.1) is 5.92 Å². The van der Waals surface area contributed by atoms with Gasteiger partial charge in [0.25, 0.3) is 0 Å². The second kappa shape index (κ2) is 7.05. The number of nitrogens with two attached hydrogens (primary N) is 1. The van der Waals surface area contributed by atoms with E-state index in [0.717, 1.165) is 24.6 Å². The minimum absolute atomic E-state index is 0.312. The molecule has 0 aliphatic heterocycles. The summed E-state index contributed by atoms with van der Waals surface area (Å²) in [4.78, 5) is 14.4. The lowest BCUT2D eigenvalue weighted by Crippen LogP contribution is -2.52. The molecule has 0 spiro atoms. The van der Waals surface area contributed by atoms with Crippen molar-refractivity contribution in [2.24, 2.45) is 11.7 Å². The van der Waals surface area contributed by atoms with Crippen molar-refractivity contribution in [3.8, 4) is 0 Å². The molecule has 1 aromatic rings. The molecule has 21 heavy (non-hydrogen) atoms. The lowest BCUT2D eigenvalue weighted by Gasteiger charge is -2.34. The first-order chi connectivity index (χ1) is 10.1. The van der Waals surface area contributed by atoms with Crippen LogP contribution in [0.5, 0.6) is 0 Å². The molecule has 0 radical (unpaired) electrons. The number of carbonyl (C=O) groups is 1. The van der Waals surface area contributed by atoms with E-state index in [1.165, 1.54) is 19.3 Å². The summed E-state index contributed by atoms with van der Waals surface area (Å²) >= 11 is 0. The SMILES string of the molecule is CNC(CCN(C)CC1CCC1)(C(N)=O)c1ccccc1. The summed E-state index contributed by atoms with van der Waals surface area (Å²) in [6.07, 6.45) is 4.74. The maximum atomic E-state index is 12.1. The third kappa shape index (κ3) is 3.63. The Bertz CT molecular complexity index is 458. The van der Waals surface area contributed by atoms with Crippen molar-refractivity contribution in [3.63, 3.8) is 0 Å². The fourth-order valence-corrected chi connectivity index (χ4v) is 3.09. The van der Waals surface area contributed by atoms with Crippen molar-refractivity contribution in [2.75, 3.05) is 27.2 Å². The zero-order valence-corrected chi connectivity index (χ0v) is 13.1. The Labute approximate surface area is 127 Å². The molecule has 1 aliphatic carbocycles. The quantitative estimate of drug-likeness (QED) is 0.766. The first-order valence-electron chi connectivity index (χ1n) is 7.81. The van der Waals surface area contributed by atoms with Crippen molar-refractivity contribution in [1.29, 1.82) is 0 Å².